The summed E-state index contributed by atoms with van der Waals surface area (Å²) in [5.74, 6) is 0.108. The molecule has 2 N–H and O–H groups in total. The van der Waals surface area contributed by atoms with Crippen molar-refractivity contribution in [2.75, 3.05) is 41.5 Å². The second-order valence-electron chi connectivity index (χ2n) is 11.2. The summed E-state index contributed by atoms with van der Waals surface area (Å²) in [7, 11) is 7.66. The van der Waals surface area contributed by atoms with E-state index in [0.29, 0.717) is 13.0 Å². The Kier molecular flexibility index (Phi) is 16.3. The minimum absolute atomic E-state index is 0.0398. The normalized spacial score (nSPS) is 33.3. The number of aliphatic hydroxyl groups excluding tert-OH is 2. The predicted octanol–water partition coefficient (Wildman–Crippen LogP) is 4.84. The maximum absolute atomic E-state index is 12.9. The first-order valence-corrected chi connectivity index (χ1v) is 17.6. The first-order chi connectivity index (χ1) is 21.4. The SMILES string of the molecule is CN(C)C1=N[C@@H]2[C@@H](O)[C@H](O)[C@@H](CCF)O[C@@H]2S1.C[C@H]1[C@H](OCc2ccccc2)[C@H]2N=C(N(C)C)S[C@H]2O[C@@H]1CCF.ClB(Cl)Cl. The molecule has 0 aliphatic carbocycles. The molecule has 2 fully saturated rings. The number of ether oxygens (including phenoxy) is 3. The quantitative estimate of drug-likeness (QED) is 0.382. The molecule has 254 valence electrons. The van der Waals surface area contributed by atoms with Crippen molar-refractivity contribution in [3.05, 3.63) is 35.9 Å². The summed E-state index contributed by atoms with van der Waals surface area (Å²) >= 11 is 17.4. The van der Waals surface area contributed by atoms with Crippen LogP contribution in [0.15, 0.2) is 40.3 Å². The molecular weight excluding hydrogens is 692 g/mol. The Labute approximate surface area is 288 Å². The lowest BCUT2D eigenvalue weighted by Gasteiger charge is -2.41. The summed E-state index contributed by atoms with van der Waals surface area (Å²) in [6, 6.07) is 9.61. The molecule has 0 amide bonds. The highest BCUT2D eigenvalue weighted by Crippen LogP contribution is 2.41. The van der Waals surface area contributed by atoms with Crippen LogP contribution in [0.1, 0.15) is 25.3 Å². The maximum atomic E-state index is 12.9. The summed E-state index contributed by atoms with van der Waals surface area (Å²) in [6.07, 6.45) is -2.40. The van der Waals surface area contributed by atoms with Crippen molar-refractivity contribution in [2.24, 2.45) is 15.9 Å². The van der Waals surface area contributed by atoms with Gasteiger partial charge in [-0.25, -0.2) is 0 Å². The molecule has 4 aliphatic heterocycles. The van der Waals surface area contributed by atoms with Crippen molar-refractivity contribution < 1.29 is 33.2 Å². The van der Waals surface area contributed by atoms with E-state index in [1.807, 2.05) is 56.2 Å². The van der Waals surface area contributed by atoms with Gasteiger partial charge in [0.2, 0.25) is 0 Å². The number of fused-ring (bicyclic) bond motifs is 2. The lowest BCUT2D eigenvalue weighted by atomic mass is 9.88. The molecular formula is C28H42BCl3F2N4O5S2. The van der Waals surface area contributed by atoms with Crippen LogP contribution in [0.3, 0.4) is 0 Å². The molecule has 0 aromatic heterocycles. The Hall–Kier alpha value is -0.545. The molecule has 5 rings (SSSR count). The number of amidine groups is 2. The minimum atomic E-state index is -1.07. The lowest BCUT2D eigenvalue weighted by molar-refractivity contribution is -0.155. The standard InChI is InChI=1S/C18H25FN2O2S.C10H17FN2O3S.BCl3/c1-12-14(9-10-19)23-17-15(20-18(24-17)21(2)3)16(12)22-11-13-7-5-4-6-8-13;1-13(2)10-12-6-8(15)7(14)5(3-4-11)16-9(6)17-10;2-1(3)4/h4-8,12,14-17H,9-11H2,1-3H3;5-9,14-15H,3-4H2,1-2H3;/t12-,14-,15-,16+,17-;5-,6-,7-,8-,9-;/m11./s1. The second kappa shape index (κ2) is 18.9. The average molecular weight is 734 g/mol. The Morgan fingerprint density at radius 3 is 1.87 bits per heavy atom. The number of alkyl halides is 2. The van der Waals surface area contributed by atoms with Gasteiger partial charge < -0.3 is 34.2 Å². The van der Waals surface area contributed by atoms with Crippen molar-refractivity contribution in [2.45, 2.75) is 79.8 Å². The Bertz CT molecular complexity index is 1100. The van der Waals surface area contributed by atoms with E-state index < -0.39 is 36.0 Å². The highest BCUT2D eigenvalue weighted by Gasteiger charge is 2.49. The third-order valence-corrected chi connectivity index (χ3v) is 10.1. The van der Waals surface area contributed by atoms with E-state index in [1.165, 1.54) is 11.8 Å². The second-order valence-corrected chi connectivity index (χ2v) is 15.3. The zero-order valence-corrected chi connectivity index (χ0v) is 29.8. The molecule has 0 spiro atoms. The van der Waals surface area contributed by atoms with Crippen LogP contribution < -0.4 is 0 Å². The number of benzene rings is 1. The molecule has 4 heterocycles. The summed E-state index contributed by atoms with van der Waals surface area (Å²) < 4.78 is 43.2. The van der Waals surface area contributed by atoms with Gasteiger partial charge in [0.15, 0.2) is 10.3 Å². The van der Waals surface area contributed by atoms with Crippen molar-refractivity contribution in [1.29, 1.82) is 0 Å². The van der Waals surface area contributed by atoms with Gasteiger partial charge in [0.05, 0.1) is 38.3 Å². The van der Waals surface area contributed by atoms with Crippen LogP contribution in [0, 0.1) is 5.92 Å². The number of hydrogen-bond donors (Lipinski definition) is 2. The van der Waals surface area contributed by atoms with Gasteiger partial charge in [-0.1, -0.05) is 60.8 Å². The fourth-order valence-electron chi connectivity index (χ4n) is 5.20. The van der Waals surface area contributed by atoms with Crippen molar-refractivity contribution in [3.8, 4) is 0 Å². The lowest BCUT2D eigenvalue weighted by Crippen LogP contribution is -2.54. The minimum Gasteiger partial charge on any atom is -0.388 e. The number of rotatable bonds is 7. The molecule has 4 aliphatic rings. The molecule has 10 atom stereocenters. The smallest absolute Gasteiger partial charge is 0.388 e. The van der Waals surface area contributed by atoms with Crippen LogP contribution >= 0.6 is 57.9 Å². The number of aliphatic imine (C=N–C) groups is 2. The molecule has 0 bridgehead atoms. The van der Waals surface area contributed by atoms with Crippen LogP contribution in [0.25, 0.3) is 0 Å². The highest BCUT2D eigenvalue weighted by molar-refractivity contribution is 8.14. The maximum Gasteiger partial charge on any atom is 0.450 e. The van der Waals surface area contributed by atoms with Crippen LogP contribution in [-0.4, -0.2) is 130 Å². The van der Waals surface area contributed by atoms with Gasteiger partial charge in [-0.3, -0.25) is 18.8 Å². The summed E-state index contributed by atoms with van der Waals surface area (Å²) in [4.78, 5) is 12.2. The third-order valence-electron chi connectivity index (χ3n) is 7.50. The topological polar surface area (TPSA) is 99.4 Å². The van der Waals surface area contributed by atoms with Gasteiger partial charge in [-0.15, -0.1) is 0 Å². The van der Waals surface area contributed by atoms with E-state index in [-0.39, 0.29) is 48.1 Å². The first-order valence-electron chi connectivity index (χ1n) is 14.6. The Morgan fingerprint density at radius 1 is 0.844 bits per heavy atom. The van der Waals surface area contributed by atoms with Gasteiger partial charge >= 0.3 is 4.96 Å². The van der Waals surface area contributed by atoms with E-state index in [9.17, 15) is 19.0 Å². The van der Waals surface area contributed by atoms with E-state index in [4.69, 9.17) is 53.6 Å². The largest absolute Gasteiger partial charge is 0.450 e. The molecule has 1 aromatic carbocycles. The summed E-state index contributed by atoms with van der Waals surface area (Å²) in [6.45, 7) is 1.68. The average Bonchev–Trinajstić information content (AvgIpc) is 3.62. The zero-order valence-electron chi connectivity index (χ0n) is 25.9. The van der Waals surface area contributed by atoms with Crippen LogP contribution in [0.2, 0.25) is 0 Å². The van der Waals surface area contributed by atoms with Crippen LogP contribution in [0.4, 0.5) is 8.78 Å². The number of hydrogen-bond acceptors (Lipinski definition) is 11. The Balaban J connectivity index is 0.000000230. The Morgan fingerprint density at radius 2 is 1.33 bits per heavy atom. The summed E-state index contributed by atoms with van der Waals surface area (Å²) in [5.41, 5.74) is 0.718. The molecule has 0 saturated carbocycles. The van der Waals surface area contributed by atoms with Gasteiger partial charge in [-0.2, -0.15) is 34.4 Å². The molecule has 0 unspecified atom stereocenters. The third kappa shape index (κ3) is 11.0. The number of halogens is 5. The van der Waals surface area contributed by atoms with Gasteiger partial charge in [0, 0.05) is 47.0 Å². The van der Waals surface area contributed by atoms with E-state index >= 15 is 0 Å². The first kappa shape index (κ1) is 38.9. The van der Waals surface area contributed by atoms with Gasteiger partial charge in [-0.05, 0) is 5.56 Å². The van der Waals surface area contributed by atoms with Crippen molar-refractivity contribution >= 4 is 73.2 Å². The molecule has 0 radical (unpaired) electrons. The number of thioether (sulfide) groups is 2. The van der Waals surface area contributed by atoms with E-state index in [0.717, 1.165) is 15.9 Å². The molecule has 45 heavy (non-hydrogen) atoms. The van der Waals surface area contributed by atoms with Crippen LogP contribution in [0.5, 0.6) is 0 Å². The van der Waals surface area contributed by atoms with Gasteiger partial charge in [0.25, 0.3) is 0 Å². The van der Waals surface area contributed by atoms with Gasteiger partial charge in [0.1, 0.15) is 35.2 Å². The zero-order chi connectivity index (χ0) is 33.3. The number of aliphatic hydroxyl groups is 2. The predicted molar refractivity (Wildman–Crippen MR) is 183 cm³/mol. The fraction of sp³-hybridized carbons (Fsp3) is 0.714. The molecule has 1 aromatic rings. The van der Waals surface area contributed by atoms with Crippen molar-refractivity contribution in [1.82, 2.24) is 9.80 Å². The molecule has 17 heteroatoms. The highest BCUT2D eigenvalue weighted by atomic mass is 35.6. The summed E-state index contributed by atoms with van der Waals surface area (Å²) in [5, 5.41) is 21.5. The van der Waals surface area contributed by atoms with Crippen molar-refractivity contribution in [3.63, 3.8) is 0 Å². The monoisotopic (exact) mass is 732 g/mol. The number of nitrogens with zero attached hydrogens (tertiary/aromatic N) is 4. The molecule has 9 nitrogen and oxygen atoms in total. The molecule has 2 saturated heterocycles. The van der Waals surface area contributed by atoms with E-state index in [2.05, 4.69) is 24.0 Å². The van der Waals surface area contributed by atoms with E-state index in [1.54, 1.807) is 11.8 Å². The fourth-order valence-corrected chi connectivity index (χ4v) is 7.52. The van der Waals surface area contributed by atoms with Crippen LogP contribution in [-0.2, 0) is 20.8 Å².